The van der Waals surface area contributed by atoms with Crippen LogP contribution < -0.4 is 5.32 Å². The summed E-state index contributed by atoms with van der Waals surface area (Å²) in [6, 6.07) is 13.5. The topological polar surface area (TPSA) is 46.2 Å². The second-order valence-corrected chi connectivity index (χ2v) is 7.42. The van der Waals surface area contributed by atoms with Crippen molar-refractivity contribution >= 4 is 9.84 Å². The first-order valence-corrected chi connectivity index (χ1v) is 8.76. The third-order valence-corrected chi connectivity index (χ3v) is 4.92. The molecule has 112 valence electrons. The standard InChI is InChI=1S/C17H21NO2S/c1-12-5-6-15(11-13(12)2)17(18-3)14-7-9-16(10-8-14)21(4,19)20/h5-11,17-18H,1-4H3. The molecule has 0 bridgehead atoms. The zero-order valence-electron chi connectivity index (χ0n) is 12.8. The van der Waals surface area contributed by atoms with Gasteiger partial charge >= 0.3 is 0 Å². The average molecular weight is 303 g/mol. The normalized spacial score (nSPS) is 13.1. The zero-order valence-corrected chi connectivity index (χ0v) is 13.7. The van der Waals surface area contributed by atoms with Crippen molar-refractivity contribution in [3.05, 3.63) is 64.7 Å². The molecular weight excluding hydrogens is 282 g/mol. The lowest BCUT2D eigenvalue weighted by Gasteiger charge is -2.18. The van der Waals surface area contributed by atoms with Crippen LogP contribution in [0.25, 0.3) is 0 Å². The summed E-state index contributed by atoms with van der Waals surface area (Å²) in [6.45, 7) is 4.19. The summed E-state index contributed by atoms with van der Waals surface area (Å²) in [5, 5.41) is 3.29. The van der Waals surface area contributed by atoms with Crippen molar-refractivity contribution in [3.63, 3.8) is 0 Å². The van der Waals surface area contributed by atoms with Crippen LogP contribution in [0, 0.1) is 13.8 Å². The van der Waals surface area contributed by atoms with Crippen LogP contribution in [-0.4, -0.2) is 21.7 Å². The van der Waals surface area contributed by atoms with Gasteiger partial charge in [0.25, 0.3) is 0 Å². The molecule has 0 spiro atoms. The number of hydrogen-bond acceptors (Lipinski definition) is 3. The lowest BCUT2D eigenvalue weighted by atomic mass is 9.96. The minimum Gasteiger partial charge on any atom is -0.309 e. The molecule has 0 amide bonds. The van der Waals surface area contributed by atoms with E-state index in [0.717, 1.165) is 5.56 Å². The van der Waals surface area contributed by atoms with Gasteiger partial charge in [-0.2, -0.15) is 0 Å². The Hall–Kier alpha value is -1.65. The van der Waals surface area contributed by atoms with E-state index in [2.05, 4.69) is 37.4 Å². The number of hydrogen-bond donors (Lipinski definition) is 1. The van der Waals surface area contributed by atoms with Crippen LogP contribution in [-0.2, 0) is 9.84 Å². The molecule has 0 saturated heterocycles. The molecule has 0 aliphatic heterocycles. The molecule has 21 heavy (non-hydrogen) atoms. The monoisotopic (exact) mass is 303 g/mol. The summed E-state index contributed by atoms with van der Waals surface area (Å²) in [7, 11) is -1.24. The van der Waals surface area contributed by atoms with Gasteiger partial charge in [0.15, 0.2) is 9.84 Å². The number of aryl methyl sites for hydroxylation is 2. The van der Waals surface area contributed by atoms with Gasteiger partial charge < -0.3 is 5.32 Å². The van der Waals surface area contributed by atoms with Crippen LogP contribution >= 0.6 is 0 Å². The van der Waals surface area contributed by atoms with Gasteiger partial charge in [-0.15, -0.1) is 0 Å². The van der Waals surface area contributed by atoms with Crippen molar-refractivity contribution in [2.75, 3.05) is 13.3 Å². The highest BCUT2D eigenvalue weighted by atomic mass is 32.2. The molecule has 1 unspecified atom stereocenters. The maximum absolute atomic E-state index is 11.5. The minimum atomic E-state index is -3.15. The van der Waals surface area contributed by atoms with E-state index in [1.165, 1.54) is 22.9 Å². The van der Waals surface area contributed by atoms with Crippen molar-refractivity contribution in [1.29, 1.82) is 0 Å². The molecule has 3 nitrogen and oxygen atoms in total. The van der Waals surface area contributed by atoms with Crippen LogP contribution in [0.3, 0.4) is 0 Å². The predicted octanol–water partition coefficient (Wildman–Crippen LogP) is 3.02. The number of benzene rings is 2. The van der Waals surface area contributed by atoms with Gasteiger partial charge in [0, 0.05) is 6.26 Å². The third kappa shape index (κ3) is 3.52. The Morgan fingerprint density at radius 2 is 1.48 bits per heavy atom. The van der Waals surface area contributed by atoms with Crippen molar-refractivity contribution < 1.29 is 8.42 Å². The van der Waals surface area contributed by atoms with E-state index in [0.29, 0.717) is 4.90 Å². The van der Waals surface area contributed by atoms with Gasteiger partial charge in [0.1, 0.15) is 0 Å². The Morgan fingerprint density at radius 1 is 0.905 bits per heavy atom. The van der Waals surface area contributed by atoms with E-state index >= 15 is 0 Å². The van der Waals surface area contributed by atoms with E-state index in [1.54, 1.807) is 12.1 Å². The second-order valence-electron chi connectivity index (χ2n) is 5.41. The molecule has 4 heteroatoms. The zero-order chi connectivity index (χ0) is 15.6. The fraction of sp³-hybridized carbons (Fsp3) is 0.294. The van der Waals surface area contributed by atoms with Crippen molar-refractivity contribution in [2.45, 2.75) is 24.8 Å². The summed E-state index contributed by atoms with van der Waals surface area (Å²) in [5.74, 6) is 0. The van der Waals surface area contributed by atoms with E-state index in [-0.39, 0.29) is 6.04 Å². The molecule has 0 saturated carbocycles. The van der Waals surface area contributed by atoms with Crippen LogP contribution in [0.5, 0.6) is 0 Å². The van der Waals surface area contributed by atoms with Gasteiger partial charge in [-0.25, -0.2) is 8.42 Å². The molecular formula is C17H21NO2S. The van der Waals surface area contributed by atoms with E-state index < -0.39 is 9.84 Å². The molecule has 0 aromatic heterocycles. The Kier molecular flexibility index (Phi) is 4.49. The SMILES string of the molecule is CNC(c1ccc(S(C)(=O)=O)cc1)c1ccc(C)c(C)c1. The Bertz CT molecular complexity index is 734. The van der Waals surface area contributed by atoms with E-state index in [1.807, 2.05) is 19.2 Å². The lowest BCUT2D eigenvalue weighted by Crippen LogP contribution is -2.18. The molecule has 0 heterocycles. The highest BCUT2D eigenvalue weighted by Gasteiger charge is 2.14. The molecule has 1 N–H and O–H groups in total. The van der Waals surface area contributed by atoms with Gasteiger partial charge in [-0.05, 0) is 55.3 Å². The average Bonchev–Trinajstić information content (AvgIpc) is 2.43. The quantitative estimate of drug-likeness (QED) is 0.944. The first-order valence-electron chi connectivity index (χ1n) is 6.87. The molecule has 1 atom stereocenters. The molecule has 2 aromatic rings. The molecule has 0 radical (unpaired) electrons. The first kappa shape index (κ1) is 15.7. The molecule has 0 aliphatic rings. The molecule has 0 fully saturated rings. The van der Waals surface area contributed by atoms with Gasteiger partial charge in [-0.3, -0.25) is 0 Å². The minimum absolute atomic E-state index is 0.0536. The maximum atomic E-state index is 11.5. The summed E-state index contributed by atoms with van der Waals surface area (Å²) in [5.41, 5.74) is 4.74. The number of rotatable bonds is 4. The Balaban J connectivity index is 2.39. The first-order chi connectivity index (χ1) is 9.82. The maximum Gasteiger partial charge on any atom is 0.175 e. The number of nitrogens with one attached hydrogen (secondary N) is 1. The summed E-state index contributed by atoms with van der Waals surface area (Å²) >= 11 is 0. The van der Waals surface area contributed by atoms with Crippen LogP contribution in [0.15, 0.2) is 47.4 Å². The fourth-order valence-electron chi connectivity index (χ4n) is 2.38. The Labute approximate surface area is 126 Å². The smallest absolute Gasteiger partial charge is 0.175 e. The second kappa shape index (κ2) is 6.00. The highest BCUT2D eigenvalue weighted by molar-refractivity contribution is 7.90. The van der Waals surface area contributed by atoms with Crippen molar-refractivity contribution in [3.8, 4) is 0 Å². The third-order valence-electron chi connectivity index (χ3n) is 3.79. The van der Waals surface area contributed by atoms with Gasteiger partial charge in [0.2, 0.25) is 0 Å². The molecule has 2 aromatic carbocycles. The predicted molar refractivity (Wildman–Crippen MR) is 86.4 cm³/mol. The Morgan fingerprint density at radius 3 is 1.95 bits per heavy atom. The molecule has 0 aliphatic carbocycles. The van der Waals surface area contributed by atoms with Crippen LogP contribution in [0.4, 0.5) is 0 Å². The lowest BCUT2D eigenvalue weighted by molar-refractivity contribution is 0.601. The summed E-state index contributed by atoms with van der Waals surface area (Å²) in [6.07, 6.45) is 1.22. The van der Waals surface area contributed by atoms with E-state index in [4.69, 9.17) is 0 Å². The van der Waals surface area contributed by atoms with Gasteiger partial charge in [0.05, 0.1) is 10.9 Å². The highest BCUT2D eigenvalue weighted by Crippen LogP contribution is 2.24. The van der Waals surface area contributed by atoms with Crippen LogP contribution in [0.2, 0.25) is 0 Å². The fourth-order valence-corrected chi connectivity index (χ4v) is 3.01. The number of sulfone groups is 1. The van der Waals surface area contributed by atoms with Crippen molar-refractivity contribution in [2.24, 2.45) is 0 Å². The van der Waals surface area contributed by atoms with Gasteiger partial charge in [-0.1, -0.05) is 30.3 Å². The van der Waals surface area contributed by atoms with Crippen LogP contribution in [0.1, 0.15) is 28.3 Å². The van der Waals surface area contributed by atoms with Crippen molar-refractivity contribution in [1.82, 2.24) is 5.32 Å². The summed E-state index contributed by atoms with van der Waals surface area (Å²) < 4.78 is 23.0. The molecule has 2 rings (SSSR count). The summed E-state index contributed by atoms with van der Waals surface area (Å²) in [4.78, 5) is 0.348. The van der Waals surface area contributed by atoms with E-state index in [9.17, 15) is 8.42 Å². The largest absolute Gasteiger partial charge is 0.309 e.